The zero-order valence-corrected chi connectivity index (χ0v) is 9.32. The van der Waals surface area contributed by atoms with E-state index in [2.05, 4.69) is 10.3 Å². The van der Waals surface area contributed by atoms with E-state index < -0.39 is 6.17 Å². The average Bonchev–Trinajstić information content (AvgIpc) is 2.68. The summed E-state index contributed by atoms with van der Waals surface area (Å²) < 4.78 is 15.2. The topological polar surface area (TPSA) is 46.9 Å². The average molecular weight is 225 g/mol. The van der Waals surface area contributed by atoms with Crippen LogP contribution in [0.1, 0.15) is 36.2 Å². The van der Waals surface area contributed by atoms with Gasteiger partial charge in [-0.05, 0) is 12.8 Å². The highest BCUT2D eigenvalue weighted by molar-refractivity contribution is 5.92. The lowest BCUT2D eigenvalue weighted by atomic mass is 9.93. The first kappa shape index (κ1) is 11.1. The van der Waals surface area contributed by atoms with Crippen molar-refractivity contribution in [2.45, 2.75) is 37.9 Å². The van der Waals surface area contributed by atoms with Gasteiger partial charge in [-0.15, -0.1) is 0 Å². The van der Waals surface area contributed by atoms with Crippen molar-refractivity contribution in [1.29, 1.82) is 0 Å². The molecule has 1 fully saturated rings. The Kier molecular flexibility index (Phi) is 3.22. The Labute approximate surface area is 93.9 Å². The summed E-state index contributed by atoms with van der Waals surface area (Å²) in [6.07, 6.45) is 5.44. The van der Waals surface area contributed by atoms with Gasteiger partial charge in [0.1, 0.15) is 11.9 Å². The third-order valence-electron chi connectivity index (χ3n) is 2.94. The number of nitrogens with one attached hydrogen (secondary N) is 1. The summed E-state index contributed by atoms with van der Waals surface area (Å²) >= 11 is 0. The minimum Gasteiger partial charge on any atom is -0.345 e. The van der Waals surface area contributed by atoms with Gasteiger partial charge in [0.05, 0.1) is 12.4 Å². The number of hydrogen-bond acceptors (Lipinski definition) is 2. The molecule has 88 valence electrons. The molecule has 1 heterocycles. The fraction of sp³-hybridized carbons (Fsp3) is 0.636. The second-order valence-electron chi connectivity index (χ2n) is 4.30. The van der Waals surface area contributed by atoms with Crippen molar-refractivity contribution in [3.8, 4) is 0 Å². The van der Waals surface area contributed by atoms with E-state index in [1.54, 1.807) is 24.1 Å². The third kappa shape index (κ3) is 2.40. The summed E-state index contributed by atoms with van der Waals surface area (Å²) in [7, 11) is 1.79. The fourth-order valence-corrected chi connectivity index (χ4v) is 2.02. The normalized spacial score (nSPS) is 25.4. The third-order valence-corrected chi connectivity index (χ3v) is 2.94. The molecule has 0 spiro atoms. The second-order valence-corrected chi connectivity index (χ2v) is 4.30. The van der Waals surface area contributed by atoms with E-state index in [1.807, 2.05) is 0 Å². The van der Waals surface area contributed by atoms with Crippen molar-refractivity contribution >= 4 is 5.91 Å². The Morgan fingerprint density at radius 1 is 1.56 bits per heavy atom. The van der Waals surface area contributed by atoms with Gasteiger partial charge in [0, 0.05) is 13.2 Å². The molecule has 0 aromatic carbocycles. The van der Waals surface area contributed by atoms with Crippen LogP contribution in [0.15, 0.2) is 12.5 Å². The molecule has 1 amide bonds. The molecule has 0 saturated heterocycles. The van der Waals surface area contributed by atoms with Gasteiger partial charge in [0.2, 0.25) is 0 Å². The number of hydrogen-bond donors (Lipinski definition) is 1. The number of amides is 1. The van der Waals surface area contributed by atoms with Crippen LogP contribution in [-0.2, 0) is 7.05 Å². The van der Waals surface area contributed by atoms with Crippen molar-refractivity contribution in [3.63, 3.8) is 0 Å². The Bertz CT molecular complexity index is 377. The Hall–Kier alpha value is -1.39. The number of rotatable bonds is 2. The van der Waals surface area contributed by atoms with Gasteiger partial charge in [0.25, 0.3) is 5.91 Å². The van der Waals surface area contributed by atoms with Crippen LogP contribution >= 0.6 is 0 Å². The molecular weight excluding hydrogens is 209 g/mol. The second kappa shape index (κ2) is 4.63. The summed E-state index contributed by atoms with van der Waals surface area (Å²) in [4.78, 5) is 15.7. The fourth-order valence-electron chi connectivity index (χ4n) is 2.02. The van der Waals surface area contributed by atoms with Gasteiger partial charge in [-0.25, -0.2) is 9.37 Å². The zero-order valence-electron chi connectivity index (χ0n) is 9.32. The number of aryl methyl sites for hydroxylation is 1. The summed E-state index contributed by atoms with van der Waals surface area (Å²) in [5.74, 6) is -0.282. The lowest BCUT2D eigenvalue weighted by molar-refractivity contribution is 0.0879. The minimum atomic E-state index is -0.915. The lowest BCUT2D eigenvalue weighted by Gasteiger charge is -2.26. The highest BCUT2D eigenvalue weighted by Gasteiger charge is 2.26. The molecule has 4 nitrogen and oxygen atoms in total. The van der Waals surface area contributed by atoms with Gasteiger partial charge >= 0.3 is 0 Å². The van der Waals surface area contributed by atoms with E-state index in [-0.39, 0.29) is 11.9 Å². The molecule has 1 saturated carbocycles. The van der Waals surface area contributed by atoms with Crippen LogP contribution in [0, 0.1) is 0 Å². The lowest BCUT2D eigenvalue weighted by Crippen LogP contribution is -2.43. The largest absolute Gasteiger partial charge is 0.345 e. The van der Waals surface area contributed by atoms with Gasteiger partial charge in [-0.2, -0.15) is 0 Å². The standard InChI is InChI=1S/C11H16FN3O/c1-15-6-10(13-7-15)11(16)14-9-5-3-2-4-8(9)12/h6-9H,2-5H2,1H3,(H,14,16)/t8-,9-/m1/s1. The van der Waals surface area contributed by atoms with Crippen LogP contribution in [-0.4, -0.2) is 27.7 Å². The quantitative estimate of drug-likeness (QED) is 0.827. The molecule has 1 aromatic heterocycles. The molecule has 2 atom stereocenters. The smallest absolute Gasteiger partial charge is 0.271 e. The number of imidazole rings is 1. The highest BCUT2D eigenvalue weighted by atomic mass is 19.1. The molecular formula is C11H16FN3O. The van der Waals surface area contributed by atoms with Crippen molar-refractivity contribution in [2.24, 2.45) is 7.05 Å². The molecule has 1 N–H and O–H groups in total. The Balaban J connectivity index is 1.96. The van der Waals surface area contributed by atoms with Gasteiger partial charge in [0.15, 0.2) is 0 Å². The monoisotopic (exact) mass is 225 g/mol. The maximum absolute atomic E-state index is 13.5. The summed E-state index contributed by atoms with van der Waals surface area (Å²) in [5, 5.41) is 2.71. The van der Waals surface area contributed by atoms with E-state index in [0.717, 1.165) is 19.3 Å². The van der Waals surface area contributed by atoms with Crippen LogP contribution in [0.25, 0.3) is 0 Å². The van der Waals surface area contributed by atoms with Crippen molar-refractivity contribution in [2.75, 3.05) is 0 Å². The molecule has 5 heteroatoms. The summed E-state index contributed by atoms with van der Waals surface area (Å²) in [5.41, 5.74) is 0.347. The number of nitrogens with zero attached hydrogens (tertiary/aromatic N) is 2. The van der Waals surface area contributed by atoms with Crippen LogP contribution in [0.5, 0.6) is 0 Å². The predicted molar refractivity (Wildman–Crippen MR) is 57.8 cm³/mol. The molecule has 0 radical (unpaired) electrons. The molecule has 0 unspecified atom stereocenters. The van der Waals surface area contributed by atoms with E-state index in [1.165, 1.54) is 0 Å². The van der Waals surface area contributed by atoms with E-state index in [9.17, 15) is 9.18 Å². The number of halogens is 1. The van der Waals surface area contributed by atoms with E-state index in [0.29, 0.717) is 12.1 Å². The number of carbonyl (C=O) groups excluding carboxylic acids is 1. The molecule has 0 aliphatic heterocycles. The van der Waals surface area contributed by atoms with Crippen LogP contribution in [0.3, 0.4) is 0 Å². The van der Waals surface area contributed by atoms with Gasteiger partial charge in [-0.3, -0.25) is 4.79 Å². The number of aromatic nitrogens is 2. The number of alkyl halides is 1. The molecule has 1 aliphatic carbocycles. The van der Waals surface area contributed by atoms with Gasteiger partial charge in [-0.1, -0.05) is 12.8 Å². The van der Waals surface area contributed by atoms with E-state index in [4.69, 9.17) is 0 Å². The Morgan fingerprint density at radius 3 is 2.94 bits per heavy atom. The maximum Gasteiger partial charge on any atom is 0.271 e. The first-order chi connectivity index (χ1) is 7.66. The molecule has 1 aromatic rings. The van der Waals surface area contributed by atoms with Crippen molar-refractivity contribution in [3.05, 3.63) is 18.2 Å². The summed E-state index contributed by atoms with van der Waals surface area (Å²) in [6.45, 7) is 0. The minimum absolute atomic E-state index is 0.282. The van der Waals surface area contributed by atoms with Crippen molar-refractivity contribution < 1.29 is 9.18 Å². The van der Waals surface area contributed by atoms with Crippen LogP contribution in [0.2, 0.25) is 0 Å². The zero-order chi connectivity index (χ0) is 11.5. The van der Waals surface area contributed by atoms with E-state index >= 15 is 0 Å². The highest BCUT2D eigenvalue weighted by Crippen LogP contribution is 2.21. The van der Waals surface area contributed by atoms with Crippen molar-refractivity contribution in [1.82, 2.24) is 14.9 Å². The van der Waals surface area contributed by atoms with Crippen LogP contribution in [0.4, 0.5) is 4.39 Å². The molecule has 1 aliphatic rings. The number of carbonyl (C=O) groups is 1. The first-order valence-electron chi connectivity index (χ1n) is 5.59. The maximum atomic E-state index is 13.5. The first-order valence-corrected chi connectivity index (χ1v) is 5.59. The SMILES string of the molecule is Cn1cnc(C(=O)N[C@@H]2CCCC[C@H]2F)c1. The molecule has 16 heavy (non-hydrogen) atoms. The van der Waals surface area contributed by atoms with Gasteiger partial charge < -0.3 is 9.88 Å². The summed E-state index contributed by atoms with van der Waals surface area (Å²) in [6, 6.07) is -0.344. The predicted octanol–water partition coefficient (Wildman–Crippen LogP) is 1.43. The Morgan fingerprint density at radius 2 is 2.31 bits per heavy atom. The molecule has 0 bridgehead atoms. The van der Waals surface area contributed by atoms with Crippen LogP contribution < -0.4 is 5.32 Å². The molecule has 2 rings (SSSR count).